The van der Waals surface area contributed by atoms with Crippen LogP contribution in [0.4, 0.5) is 0 Å². The fraction of sp³-hybridized carbons (Fsp3) is 0.704. The maximum Gasteiger partial charge on any atom is 0.472 e. The van der Waals surface area contributed by atoms with E-state index in [1.54, 1.807) is 0 Å². The highest BCUT2D eigenvalue weighted by atomic mass is 31.2. The van der Waals surface area contributed by atoms with Gasteiger partial charge in [-0.15, -0.1) is 0 Å². The average molecular weight is 1450 g/mol. The van der Waals surface area contributed by atoms with Gasteiger partial charge in [-0.3, -0.25) is 37.3 Å². The van der Waals surface area contributed by atoms with Crippen molar-refractivity contribution in [3.63, 3.8) is 0 Å². The molecule has 17 nitrogen and oxygen atoms in total. The molecule has 0 saturated heterocycles. The first-order valence-corrected chi connectivity index (χ1v) is 41.8. The van der Waals surface area contributed by atoms with E-state index in [9.17, 15) is 43.2 Å². The van der Waals surface area contributed by atoms with E-state index in [2.05, 4.69) is 149 Å². The molecule has 19 heteroatoms. The molecule has 0 aliphatic rings. The maximum absolute atomic E-state index is 13.1. The summed E-state index contributed by atoms with van der Waals surface area (Å²) in [5.41, 5.74) is 0. The number of phosphoric ester groups is 2. The largest absolute Gasteiger partial charge is 0.472 e. The molecule has 0 aliphatic carbocycles. The second-order valence-electron chi connectivity index (χ2n) is 25.5. The number of esters is 4. The van der Waals surface area contributed by atoms with Crippen LogP contribution < -0.4 is 0 Å². The Morgan fingerprint density at radius 2 is 0.540 bits per heavy atom. The van der Waals surface area contributed by atoms with Crippen LogP contribution in [0.15, 0.2) is 122 Å². The fourth-order valence-corrected chi connectivity index (χ4v) is 11.6. The van der Waals surface area contributed by atoms with E-state index >= 15 is 0 Å². The van der Waals surface area contributed by atoms with Gasteiger partial charge in [-0.25, -0.2) is 9.13 Å². The zero-order chi connectivity index (χ0) is 73.2. The summed E-state index contributed by atoms with van der Waals surface area (Å²) in [5, 5.41) is 10.6. The van der Waals surface area contributed by atoms with Gasteiger partial charge in [0.2, 0.25) is 0 Å². The minimum absolute atomic E-state index is 0.0728. The van der Waals surface area contributed by atoms with E-state index in [0.29, 0.717) is 25.7 Å². The summed E-state index contributed by atoms with van der Waals surface area (Å²) < 4.78 is 68.5. The second kappa shape index (κ2) is 72.8. The number of aliphatic hydroxyl groups excluding tert-OH is 1. The van der Waals surface area contributed by atoms with Crippen molar-refractivity contribution in [3.8, 4) is 0 Å². The Labute approximate surface area is 606 Å². The number of hydrogen-bond donors (Lipinski definition) is 3. The summed E-state index contributed by atoms with van der Waals surface area (Å²) in [6.45, 7) is 4.52. The normalized spacial score (nSPS) is 14.6. The molecule has 3 N–H and O–H groups in total. The third-order valence-electron chi connectivity index (χ3n) is 15.9. The van der Waals surface area contributed by atoms with E-state index in [1.165, 1.54) is 25.7 Å². The summed E-state index contributed by atoms with van der Waals surface area (Å²) in [7, 11) is -9.97. The number of allylic oxidation sites excluding steroid dienone is 20. The lowest BCUT2D eigenvalue weighted by Crippen LogP contribution is -2.30. The van der Waals surface area contributed by atoms with Gasteiger partial charge in [0.25, 0.3) is 0 Å². The van der Waals surface area contributed by atoms with Crippen LogP contribution in [0.5, 0.6) is 0 Å². The summed E-state index contributed by atoms with van der Waals surface area (Å²) in [6.07, 6.45) is 79.0. The predicted molar refractivity (Wildman–Crippen MR) is 408 cm³/mol. The Morgan fingerprint density at radius 3 is 0.850 bits per heavy atom. The predicted octanol–water partition coefficient (Wildman–Crippen LogP) is 22.3. The Kier molecular flexibility index (Phi) is 69.5. The molecule has 0 rings (SSSR count). The molecule has 5 atom stereocenters. The fourth-order valence-electron chi connectivity index (χ4n) is 10.0. The van der Waals surface area contributed by atoms with Gasteiger partial charge in [0.05, 0.1) is 26.4 Å². The molecule has 0 bridgehead atoms. The standard InChI is InChI=1S/C81H138O17P2/c1-5-9-13-17-21-25-29-33-35-36-37-38-40-44-46-50-54-58-62-66-79(84)92-72-77(98-81(86)68-64-60-56-52-48-42-32-28-24-20-16-12-8-4)74-96-100(89,90)94-70-75(82)69-93-99(87,88)95-73-76(97-80(85)67-63-59-55-51-47-41-31-27-23-19-15-11-7-3)71-91-78(83)65-61-57-53-49-45-43-39-34-30-26-22-18-14-10-6-2/h9-10,13-15,19,21-22,25-28,31-35,37-39,75-77,82H,5-8,11-12,16-18,20,23-24,29-30,36,40-74H2,1-4H3,(H,87,88)(H,89,90)/b13-9-,14-10-,19-15-,25-21-,26-22-,31-27-,32-28-,35-33-,38-37-,39-34-. The molecule has 5 unspecified atom stereocenters. The van der Waals surface area contributed by atoms with Crippen LogP contribution in [0.1, 0.15) is 310 Å². The highest BCUT2D eigenvalue weighted by Gasteiger charge is 2.30. The zero-order valence-corrected chi connectivity index (χ0v) is 64.4. The lowest BCUT2D eigenvalue weighted by atomic mass is 10.1. The molecular weight excluding hydrogens is 1310 g/mol. The molecule has 0 radical (unpaired) electrons. The first-order valence-electron chi connectivity index (χ1n) is 38.8. The first-order chi connectivity index (χ1) is 48.7. The second-order valence-corrected chi connectivity index (χ2v) is 28.4. The van der Waals surface area contributed by atoms with E-state index in [1.807, 2.05) is 0 Å². The molecule has 0 saturated carbocycles. The lowest BCUT2D eigenvalue weighted by molar-refractivity contribution is -0.161. The van der Waals surface area contributed by atoms with Gasteiger partial charge in [-0.05, 0) is 148 Å². The Bertz CT molecular complexity index is 2370. The molecule has 0 fully saturated rings. The Morgan fingerprint density at radius 1 is 0.290 bits per heavy atom. The molecule has 0 spiro atoms. The molecular formula is C81H138O17P2. The van der Waals surface area contributed by atoms with Gasteiger partial charge in [0, 0.05) is 25.7 Å². The number of carbonyl (C=O) groups is 4. The number of unbranched alkanes of at least 4 members (excludes halogenated alkanes) is 26. The SMILES string of the molecule is CC/C=C\C/C=C\C/C=C\C/C=C\CCCCCCCCC(=O)OCC(COP(=O)(O)OCC(O)COP(=O)(O)OCC(COC(=O)CCCCCCC/C=C\C/C=C\C/C=C\CC)OC(=O)CCCCCCC/C=C\C/C=C\CCC)OC(=O)CCCCCCC/C=C\CCCCCC. The van der Waals surface area contributed by atoms with Crippen LogP contribution in [0.2, 0.25) is 0 Å². The minimum Gasteiger partial charge on any atom is -0.462 e. The van der Waals surface area contributed by atoms with E-state index in [-0.39, 0.29) is 25.7 Å². The number of carbonyl (C=O) groups excluding carboxylic acids is 4. The molecule has 0 aromatic heterocycles. The van der Waals surface area contributed by atoms with Gasteiger partial charge in [-0.1, -0.05) is 258 Å². The van der Waals surface area contributed by atoms with Crippen molar-refractivity contribution >= 4 is 39.5 Å². The summed E-state index contributed by atoms with van der Waals surface area (Å²) in [5.74, 6) is -2.23. The van der Waals surface area contributed by atoms with Crippen molar-refractivity contribution in [1.82, 2.24) is 0 Å². The third kappa shape index (κ3) is 71.8. The van der Waals surface area contributed by atoms with E-state index in [0.717, 1.165) is 205 Å². The number of hydrogen-bond acceptors (Lipinski definition) is 15. The van der Waals surface area contributed by atoms with Gasteiger partial charge in [-0.2, -0.15) is 0 Å². The topological polar surface area (TPSA) is 237 Å². The van der Waals surface area contributed by atoms with Gasteiger partial charge >= 0.3 is 39.5 Å². The van der Waals surface area contributed by atoms with Crippen LogP contribution >= 0.6 is 15.6 Å². The van der Waals surface area contributed by atoms with Crippen molar-refractivity contribution in [3.05, 3.63) is 122 Å². The maximum atomic E-state index is 13.1. The van der Waals surface area contributed by atoms with Gasteiger partial charge in [0.1, 0.15) is 19.3 Å². The smallest absolute Gasteiger partial charge is 0.462 e. The summed E-state index contributed by atoms with van der Waals surface area (Å²) in [4.78, 5) is 72.9. The zero-order valence-electron chi connectivity index (χ0n) is 62.6. The van der Waals surface area contributed by atoms with Crippen LogP contribution in [0.3, 0.4) is 0 Å². The van der Waals surface area contributed by atoms with Crippen LogP contribution in [-0.2, 0) is 65.4 Å². The highest BCUT2D eigenvalue weighted by Crippen LogP contribution is 2.45. The molecule has 100 heavy (non-hydrogen) atoms. The average Bonchev–Trinajstić information content (AvgIpc) is 0.935. The Hall–Kier alpha value is -4.54. The number of ether oxygens (including phenoxy) is 4. The molecule has 574 valence electrons. The van der Waals surface area contributed by atoms with Crippen molar-refractivity contribution in [2.75, 3.05) is 39.6 Å². The Balaban J connectivity index is 5.36. The van der Waals surface area contributed by atoms with Crippen LogP contribution in [0, 0.1) is 0 Å². The van der Waals surface area contributed by atoms with Crippen molar-refractivity contribution in [2.24, 2.45) is 0 Å². The van der Waals surface area contributed by atoms with E-state index < -0.39 is 97.5 Å². The monoisotopic (exact) mass is 1440 g/mol. The first kappa shape index (κ1) is 95.5. The molecule has 0 heterocycles. The minimum atomic E-state index is -4.98. The van der Waals surface area contributed by atoms with Crippen molar-refractivity contribution in [2.45, 2.75) is 329 Å². The quantitative estimate of drug-likeness (QED) is 0.0169. The van der Waals surface area contributed by atoms with Crippen LogP contribution in [-0.4, -0.2) is 96.7 Å². The van der Waals surface area contributed by atoms with Crippen LogP contribution in [0.25, 0.3) is 0 Å². The third-order valence-corrected chi connectivity index (χ3v) is 17.8. The number of phosphoric acid groups is 2. The molecule has 0 aliphatic heterocycles. The molecule has 0 amide bonds. The van der Waals surface area contributed by atoms with Crippen molar-refractivity contribution < 1.29 is 80.2 Å². The number of aliphatic hydroxyl groups is 1. The highest BCUT2D eigenvalue weighted by molar-refractivity contribution is 7.47. The summed E-state index contributed by atoms with van der Waals surface area (Å²) >= 11 is 0. The molecule has 0 aromatic rings. The molecule has 0 aromatic carbocycles. The van der Waals surface area contributed by atoms with Gasteiger partial charge < -0.3 is 33.8 Å². The number of rotatable bonds is 72. The van der Waals surface area contributed by atoms with E-state index in [4.69, 9.17) is 37.0 Å². The van der Waals surface area contributed by atoms with Crippen molar-refractivity contribution in [1.29, 1.82) is 0 Å². The lowest BCUT2D eigenvalue weighted by Gasteiger charge is -2.21. The summed E-state index contributed by atoms with van der Waals surface area (Å²) in [6, 6.07) is 0. The van der Waals surface area contributed by atoms with Gasteiger partial charge in [0.15, 0.2) is 12.2 Å².